The average molecular weight is 390 g/mol. The minimum Gasteiger partial charge on any atom is -0.438 e. The highest BCUT2D eigenvalue weighted by Gasteiger charge is 2.31. The van der Waals surface area contributed by atoms with Crippen LogP contribution in [0.25, 0.3) is 0 Å². The van der Waals surface area contributed by atoms with Crippen molar-refractivity contribution >= 4 is 21.6 Å². The van der Waals surface area contributed by atoms with E-state index >= 15 is 0 Å². The van der Waals surface area contributed by atoms with Crippen molar-refractivity contribution in [2.24, 2.45) is 0 Å². The number of carbonyl (C=O) groups excluding carboxylic acids is 1. The Hall–Kier alpha value is -2.53. The van der Waals surface area contributed by atoms with Crippen molar-refractivity contribution in [3.05, 3.63) is 42.2 Å². The van der Waals surface area contributed by atoms with E-state index in [1.165, 1.54) is 18.2 Å². The van der Waals surface area contributed by atoms with Crippen LogP contribution in [0.4, 0.5) is 18.9 Å². The summed E-state index contributed by atoms with van der Waals surface area (Å²) in [5.74, 6) is -1.44. The van der Waals surface area contributed by atoms with Crippen LogP contribution in [0.2, 0.25) is 0 Å². The Morgan fingerprint density at radius 2 is 1.77 bits per heavy atom. The Labute approximate surface area is 146 Å². The SMILES string of the molecule is O=C(Nc1ccc(OC(F)(F)F)cc1)c1ccc(S(=O)(=O)NC2CC2)o1. The molecule has 0 bridgehead atoms. The first-order valence-corrected chi connectivity index (χ1v) is 8.90. The van der Waals surface area contributed by atoms with Crippen LogP contribution in [0.1, 0.15) is 23.4 Å². The molecule has 0 saturated heterocycles. The molecule has 11 heteroatoms. The largest absolute Gasteiger partial charge is 0.573 e. The van der Waals surface area contributed by atoms with E-state index in [4.69, 9.17) is 4.42 Å². The normalized spacial score (nSPS) is 14.9. The highest BCUT2D eigenvalue weighted by molar-refractivity contribution is 7.89. The summed E-state index contributed by atoms with van der Waals surface area (Å²) in [5, 5.41) is 2.00. The van der Waals surface area contributed by atoms with Crippen LogP contribution in [0.15, 0.2) is 45.9 Å². The van der Waals surface area contributed by atoms with Gasteiger partial charge >= 0.3 is 6.36 Å². The van der Waals surface area contributed by atoms with E-state index in [-0.39, 0.29) is 22.6 Å². The van der Waals surface area contributed by atoms with Gasteiger partial charge in [-0.25, -0.2) is 13.1 Å². The molecule has 1 fully saturated rings. The van der Waals surface area contributed by atoms with Crippen molar-refractivity contribution in [1.82, 2.24) is 4.72 Å². The molecule has 26 heavy (non-hydrogen) atoms. The molecule has 7 nitrogen and oxygen atoms in total. The first-order chi connectivity index (χ1) is 12.1. The van der Waals surface area contributed by atoms with E-state index in [9.17, 15) is 26.4 Å². The van der Waals surface area contributed by atoms with Gasteiger partial charge in [0.2, 0.25) is 5.09 Å². The second kappa shape index (κ2) is 6.65. The van der Waals surface area contributed by atoms with Crippen molar-refractivity contribution in [3.8, 4) is 5.75 Å². The smallest absolute Gasteiger partial charge is 0.438 e. The van der Waals surface area contributed by atoms with Gasteiger partial charge in [-0.05, 0) is 49.2 Å². The molecule has 2 aromatic rings. The Kier molecular flexibility index (Phi) is 4.67. The number of nitrogens with one attached hydrogen (secondary N) is 2. The van der Waals surface area contributed by atoms with Gasteiger partial charge in [0.05, 0.1) is 0 Å². The second-order valence-electron chi connectivity index (χ2n) is 5.54. The number of carbonyl (C=O) groups is 1. The third kappa shape index (κ3) is 4.76. The van der Waals surface area contributed by atoms with Gasteiger partial charge in [0.1, 0.15) is 5.75 Å². The molecule has 0 spiro atoms. The minimum absolute atomic E-state index is 0.111. The first-order valence-electron chi connectivity index (χ1n) is 7.42. The summed E-state index contributed by atoms with van der Waals surface area (Å²) in [5.41, 5.74) is 0.182. The highest BCUT2D eigenvalue weighted by Crippen LogP contribution is 2.25. The summed E-state index contributed by atoms with van der Waals surface area (Å²) in [7, 11) is -3.83. The van der Waals surface area contributed by atoms with E-state index in [0.29, 0.717) is 0 Å². The lowest BCUT2D eigenvalue weighted by Crippen LogP contribution is -2.25. The molecule has 0 radical (unpaired) electrons. The van der Waals surface area contributed by atoms with Gasteiger partial charge in [-0.3, -0.25) is 4.79 Å². The molecule has 1 aliphatic rings. The molecule has 0 atom stereocenters. The lowest BCUT2D eigenvalue weighted by Gasteiger charge is -2.09. The molecule has 1 saturated carbocycles. The number of hydrogen-bond acceptors (Lipinski definition) is 5. The topological polar surface area (TPSA) is 97.6 Å². The predicted molar refractivity (Wildman–Crippen MR) is 83.1 cm³/mol. The van der Waals surface area contributed by atoms with Gasteiger partial charge in [0.25, 0.3) is 15.9 Å². The van der Waals surface area contributed by atoms with Crippen LogP contribution in [0.5, 0.6) is 5.75 Å². The molecule has 1 aromatic carbocycles. The van der Waals surface area contributed by atoms with Gasteiger partial charge in [-0.1, -0.05) is 0 Å². The maximum atomic E-state index is 12.1. The molecule has 1 aromatic heterocycles. The summed E-state index contributed by atoms with van der Waals surface area (Å²) >= 11 is 0. The Morgan fingerprint density at radius 1 is 1.12 bits per heavy atom. The van der Waals surface area contributed by atoms with Crippen LogP contribution >= 0.6 is 0 Å². The van der Waals surface area contributed by atoms with Gasteiger partial charge in [-0.2, -0.15) is 0 Å². The van der Waals surface area contributed by atoms with E-state index in [1.807, 2.05) is 0 Å². The lowest BCUT2D eigenvalue weighted by atomic mass is 10.3. The van der Waals surface area contributed by atoms with Crippen molar-refractivity contribution < 1.29 is 35.5 Å². The molecular weight excluding hydrogens is 377 g/mol. The average Bonchev–Trinajstić information content (AvgIpc) is 3.17. The van der Waals surface area contributed by atoms with Crippen LogP contribution in [0, 0.1) is 0 Å². The van der Waals surface area contributed by atoms with Crippen LogP contribution < -0.4 is 14.8 Å². The third-order valence-electron chi connectivity index (χ3n) is 3.31. The highest BCUT2D eigenvalue weighted by atomic mass is 32.2. The fraction of sp³-hybridized carbons (Fsp3) is 0.267. The maximum absolute atomic E-state index is 12.1. The van der Waals surface area contributed by atoms with Crippen molar-refractivity contribution in [2.75, 3.05) is 5.32 Å². The monoisotopic (exact) mass is 390 g/mol. The zero-order chi connectivity index (χ0) is 18.9. The number of rotatable bonds is 6. The van der Waals surface area contributed by atoms with Crippen molar-refractivity contribution in [2.45, 2.75) is 30.3 Å². The number of alkyl halides is 3. The number of furan rings is 1. The number of halogens is 3. The Bertz CT molecular complexity index is 902. The van der Waals surface area contributed by atoms with E-state index < -0.39 is 28.0 Å². The van der Waals surface area contributed by atoms with E-state index in [2.05, 4.69) is 14.8 Å². The molecule has 140 valence electrons. The molecule has 0 aliphatic heterocycles. The molecule has 1 heterocycles. The van der Waals surface area contributed by atoms with Crippen molar-refractivity contribution in [3.63, 3.8) is 0 Å². The number of benzene rings is 1. The van der Waals surface area contributed by atoms with Gasteiger partial charge in [0, 0.05) is 11.7 Å². The van der Waals surface area contributed by atoms with Crippen molar-refractivity contribution in [1.29, 1.82) is 0 Å². The number of hydrogen-bond donors (Lipinski definition) is 2. The number of ether oxygens (including phenoxy) is 1. The Balaban J connectivity index is 1.65. The quantitative estimate of drug-likeness (QED) is 0.791. The van der Waals surface area contributed by atoms with Crippen LogP contribution in [-0.4, -0.2) is 26.7 Å². The zero-order valence-corrected chi connectivity index (χ0v) is 13.9. The van der Waals surface area contributed by atoms with E-state index in [0.717, 1.165) is 31.0 Å². The molecule has 1 amide bonds. The molecule has 3 rings (SSSR count). The summed E-state index contributed by atoms with van der Waals surface area (Å²) < 4.78 is 71.5. The number of amides is 1. The minimum atomic E-state index is -4.81. The van der Waals surface area contributed by atoms with Crippen LogP contribution in [0.3, 0.4) is 0 Å². The molecule has 0 unspecified atom stereocenters. The zero-order valence-electron chi connectivity index (χ0n) is 13.0. The van der Waals surface area contributed by atoms with Gasteiger partial charge < -0.3 is 14.5 Å². The predicted octanol–water partition coefficient (Wildman–Crippen LogP) is 2.87. The van der Waals surface area contributed by atoms with Gasteiger partial charge in [0.15, 0.2) is 5.76 Å². The Morgan fingerprint density at radius 3 is 2.35 bits per heavy atom. The second-order valence-corrected chi connectivity index (χ2v) is 7.19. The third-order valence-corrected chi connectivity index (χ3v) is 4.71. The fourth-order valence-corrected chi connectivity index (χ4v) is 3.24. The molecule has 2 N–H and O–H groups in total. The first kappa shape index (κ1) is 18.3. The van der Waals surface area contributed by atoms with Crippen LogP contribution in [-0.2, 0) is 10.0 Å². The fourth-order valence-electron chi connectivity index (χ4n) is 2.00. The summed E-state index contributed by atoms with van der Waals surface area (Å²) in [6.45, 7) is 0. The number of sulfonamides is 1. The summed E-state index contributed by atoms with van der Waals surface area (Å²) in [6.07, 6.45) is -3.31. The molecule has 1 aliphatic carbocycles. The maximum Gasteiger partial charge on any atom is 0.573 e. The van der Waals surface area contributed by atoms with Gasteiger partial charge in [-0.15, -0.1) is 13.2 Å². The number of anilines is 1. The summed E-state index contributed by atoms with van der Waals surface area (Å²) in [6, 6.07) is 6.70. The molecular formula is C15H13F3N2O5S. The standard InChI is InChI=1S/C15H13F3N2O5S/c16-15(17,18)25-11-5-3-9(4-6-11)19-14(21)12-7-8-13(24-12)26(22,23)20-10-1-2-10/h3-8,10,20H,1-2H2,(H,19,21). The lowest BCUT2D eigenvalue weighted by molar-refractivity contribution is -0.274. The van der Waals surface area contributed by atoms with E-state index in [1.54, 1.807) is 0 Å². The summed E-state index contributed by atoms with van der Waals surface area (Å²) in [4.78, 5) is 12.1.